The third-order valence-corrected chi connectivity index (χ3v) is 5.67. The van der Waals surface area contributed by atoms with Gasteiger partial charge in [0, 0.05) is 33.2 Å². The second kappa shape index (κ2) is 7.52. The second-order valence-electron chi connectivity index (χ2n) is 7.47. The summed E-state index contributed by atoms with van der Waals surface area (Å²) < 4.78 is 7.24. The van der Waals surface area contributed by atoms with Crippen LogP contribution in [-0.4, -0.2) is 14.7 Å². The molecule has 0 fully saturated rings. The Bertz CT molecular complexity index is 1500. The van der Waals surface area contributed by atoms with Crippen LogP contribution in [0.4, 0.5) is 0 Å². The van der Waals surface area contributed by atoms with Gasteiger partial charge in [-0.1, -0.05) is 53.2 Å². The molecule has 0 bridgehead atoms. The van der Waals surface area contributed by atoms with Crippen molar-refractivity contribution >= 4 is 22.4 Å². The highest BCUT2D eigenvalue weighted by Gasteiger charge is 2.17. The van der Waals surface area contributed by atoms with Gasteiger partial charge in [-0.3, -0.25) is 9.36 Å². The van der Waals surface area contributed by atoms with Crippen LogP contribution in [0.5, 0.6) is 0 Å². The van der Waals surface area contributed by atoms with E-state index >= 15 is 0 Å². The van der Waals surface area contributed by atoms with Gasteiger partial charge in [0.25, 0.3) is 11.4 Å². The number of rotatable bonds is 3. The molecule has 3 aromatic carbocycles. The summed E-state index contributed by atoms with van der Waals surface area (Å²) in [6.07, 6.45) is 1.77. The van der Waals surface area contributed by atoms with E-state index in [-0.39, 0.29) is 5.56 Å². The molecule has 0 aliphatic carbocycles. The number of nitrogens with zero attached hydrogens (tertiary/aromatic N) is 3. The van der Waals surface area contributed by atoms with Crippen molar-refractivity contribution in [2.45, 2.75) is 13.8 Å². The van der Waals surface area contributed by atoms with E-state index in [1.54, 1.807) is 22.9 Å². The maximum absolute atomic E-state index is 13.3. The number of benzene rings is 3. The third kappa shape index (κ3) is 3.43. The minimum absolute atomic E-state index is 0.0998. The van der Waals surface area contributed by atoms with Crippen molar-refractivity contribution in [2.75, 3.05) is 0 Å². The van der Waals surface area contributed by atoms with E-state index < -0.39 is 0 Å². The molecule has 2 aromatic heterocycles. The van der Waals surface area contributed by atoms with Gasteiger partial charge in [-0.25, -0.2) is 0 Å². The smallest absolute Gasteiger partial charge is 0.262 e. The Kier molecular flexibility index (Phi) is 4.68. The summed E-state index contributed by atoms with van der Waals surface area (Å²) in [5.74, 6) is 0.772. The Balaban J connectivity index is 1.73. The fourth-order valence-electron chi connectivity index (χ4n) is 3.61. The SMILES string of the molecule is Cc1ccc(-n2cc(-c3nc(-c4cccc(Cl)c4)no3)c3ccccc3c2=O)cc1C. The lowest BCUT2D eigenvalue weighted by Crippen LogP contribution is -2.18. The topological polar surface area (TPSA) is 60.9 Å². The molecule has 0 spiro atoms. The molecule has 0 unspecified atom stereocenters. The minimum atomic E-state index is -0.0998. The predicted molar refractivity (Wildman–Crippen MR) is 123 cm³/mol. The zero-order chi connectivity index (χ0) is 21.5. The zero-order valence-corrected chi connectivity index (χ0v) is 17.7. The van der Waals surface area contributed by atoms with Crippen molar-refractivity contribution in [2.24, 2.45) is 0 Å². The van der Waals surface area contributed by atoms with Gasteiger partial charge in [-0.2, -0.15) is 4.98 Å². The van der Waals surface area contributed by atoms with E-state index in [1.807, 2.05) is 68.4 Å². The molecule has 152 valence electrons. The second-order valence-corrected chi connectivity index (χ2v) is 7.90. The first-order chi connectivity index (χ1) is 15.0. The van der Waals surface area contributed by atoms with Crippen molar-refractivity contribution in [1.29, 1.82) is 0 Å². The standard InChI is InChI=1S/C25H18ClN3O2/c1-15-10-11-19(12-16(15)2)29-14-22(20-8-3-4-9-21(20)25(29)30)24-27-23(28-31-24)17-6-5-7-18(26)13-17/h3-14H,1-2H3. The highest BCUT2D eigenvalue weighted by molar-refractivity contribution is 6.30. The highest BCUT2D eigenvalue weighted by Crippen LogP contribution is 2.29. The molecule has 5 rings (SSSR count). The number of fused-ring (bicyclic) bond motifs is 1. The molecule has 0 atom stereocenters. The number of aryl methyl sites for hydroxylation is 2. The molecule has 0 saturated carbocycles. The molecule has 6 heteroatoms. The zero-order valence-electron chi connectivity index (χ0n) is 17.0. The quantitative estimate of drug-likeness (QED) is 0.355. The number of pyridine rings is 1. The number of hydrogen-bond acceptors (Lipinski definition) is 4. The van der Waals surface area contributed by atoms with Gasteiger partial charge in [-0.05, 0) is 55.3 Å². The molecule has 31 heavy (non-hydrogen) atoms. The lowest BCUT2D eigenvalue weighted by atomic mass is 10.1. The number of hydrogen-bond donors (Lipinski definition) is 0. The lowest BCUT2D eigenvalue weighted by Gasteiger charge is -2.12. The average molecular weight is 428 g/mol. The Morgan fingerprint density at radius 2 is 1.71 bits per heavy atom. The van der Waals surface area contributed by atoms with E-state index in [4.69, 9.17) is 16.1 Å². The Morgan fingerprint density at radius 3 is 2.48 bits per heavy atom. The van der Waals surface area contributed by atoms with Crippen LogP contribution in [-0.2, 0) is 0 Å². The van der Waals surface area contributed by atoms with Crippen LogP contribution in [0.3, 0.4) is 0 Å². The molecule has 0 saturated heterocycles. The maximum Gasteiger partial charge on any atom is 0.262 e. The third-order valence-electron chi connectivity index (χ3n) is 5.43. The van der Waals surface area contributed by atoms with Crippen LogP contribution in [0.1, 0.15) is 11.1 Å². The molecule has 0 N–H and O–H groups in total. The monoisotopic (exact) mass is 427 g/mol. The largest absolute Gasteiger partial charge is 0.334 e. The molecule has 0 radical (unpaired) electrons. The molecule has 0 amide bonds. The summed E-state index contributed by atoms with van der Waals surface area (Å²) in [4.78, 5) is 17.8. The normalized spacial score (nSPS) is 11.2. The van der Waals surface area contributed by atoms with Gasteiger partial charge in [0.2, 0.25) is 5.82 Å². The van der Waals surface area contributed by atoms with Crippen LogP contribution in [0, 0.1) is 13.8 Å². The summed E-state index contributed by atoms with van der Waals surface area (Å²) in [6.45, 7) is 4.07. The van der Waals surface area contributed by atoms with Crippen molar-refractivity contribution < 1.29 is 4.52 Å². The van der Waals surface area contributed by atoms with Crippen molar-refractivity contribution in [3.63, 3.8) is 0 Å². The fourth-order valence-corrected chi connectivity index (χ4v) is 3.80. The first-order valence-electron chi connectivity index (χ1n) is 9.83. The molecule has 0 aliphatic heterocycles. The molecular formula is C25H18ClN3O2. The van der Waals surface area contributed by atoms with Crippen molar-refractivity contribution in [3.05, 3.63) is 99.4 Å². The Hall–Kier alpha value is -3.70. The summed E-state index contributed by atoms with van der Waals surface area (Å²) in [7, 11) is 0. The summed E-state index contributed by atoms with van der Waals surface area (Å²) in [6, 6.07) is 20.7. The van der Waals surface area contributed by atoms with Crippen molar-refractivity contribution in [3.8, 4) is 28.5 Å². The number of aromatic nitrogens is 3. The van der Waals surface area contributed by atoms with Crippen LogP contribution in [0.25, 0.3) is 39.3 Å². The average Bonchev–Trinajstić information content (AvgIpc) is 3.26. The van der Waals surface area contributed by atoms with Gasteiger partial charge in [0.1, 0.15) is 0 Å². The van der Waals surface area contributed by atoms with E-state index in [0.29, 0.717) is 27.7 Å². The first-order valence-corrected chi connectivity index (χ1v) is 10.2. The van der Waals surface area contributed by atoms with Gasteiger partial charge in [-0.15, -0.1) is 0 Å². The molecule has 5 aromatic rings. The van der Waals surface area contributed by atoms with E-state index in [1.165, 1.54) is 5.56 Å². The van der Waals surface area contributed by atoms with Crippen LogP contribution < -0.4 is 5.56 Å². The molecule has 2 heterocycles. The molecule has 0 aliphatic rings. The van der Waals surface area contributed by atoms with Crippen LogP contribution in [0.15, 0.2) is 82.2 Å². The van der Waals surface area contributed by atoms with Gasteiger partial charge >= 0.3 is 0 Å². The number of halogens is 1. The van der Waals surface area contributed by atoms with E-state index in [9.17, 15) is 4.79 Å². The summed E-state index contributed by atoms with van der Waals surface area (Å²) >= 11 is 6.10. The predicted octanol–water partition coefficient (Wildman–Crippen LogP) is 5.98. The Morgan fingerprint density at radius 1 is 0.903 bits per heavy atom. The summed E-state index contributed by atoms with van der Waals surface area (Å²) in [5.41, 5.74) is 4.41. The van der Waals surface area contributed by atoms with E-state index in [2.05, 4.69) is 10.1 Å². The molecular weight excluding hydrogens is 410 g/mol. The van der Waals surface area contributed by atoms with Gasteiger partial charge in [0.05, 0.1) is 5.56 Å². The highest BCUT2D eigenvalue weighted by atomic mass is 35.5. The first kappa shape index (κ1) is 19.3. The maximum atomic E-state index is 13.3. The Labute approximate surface area is 183 Å². The van der Waals surface area contributed by atoms with Crippen molar-refractivity contribution in [1.82, 2.24) is 14.7 Å². The van der Waals surface area contributed by atoms with E-state index in [0.717, 1.165) is 22.2 Å². The van der Waals surface area contributed by atoms with Gasteiger partial charge in [0.15, 0.2) is 0 Å². The summed E-state index contributed by atoms with van der Waals surface area (Å²) in [5, 5.41) is 6.07. The minimum Gasteiger partial charge on any atom is -0.334 e. The van der Waals surface area contributed by atoms with Gasteiger partial charge < -0.3 is 4.52 Å². The van der Waals surface area contributed by atoms with Crippen LogP contribution in [0.2, 0.25) is 5.02 Å². The molecule has 5 nitrogen and oxygen atoms in total. The van der Waals surface area contributed by atoms with Crippen LogP contribution >= 0.6 is 11.6 Å². The fraction of sp³-hybridized carbons (Fsp3) is 0.0800. The lowest BCUT2D eigenvalue weighted by molar-refractivity contribution is 0.432.